The summed E-state index contributed by atoms with van der Waals surface area (Å²) in [6, 6.07) is 15.1. The highest BCUT2D eigenvalue weighted by Gasteiger charge is 2.27. The van der Waals surface area contributed by atoms with Crippen LogP contribution in [0.15, 0.2) is 64.6 Å². The van der Waals surface area contributed by atoms with E-state index in [2.05, 4.69) is 39.7 Å². The van der Waals surface area contributed by atoms with Crippen molar-refractivity contribution in [3.63, 3.8) is 0 Å². The summed E-state index contributed by atoms with van der Waals surface area (Å²) in [6.07, 6.45) is 3.94. The third kappa shape index (κ3) is 3.99. The van der Waals surface area contributed by atoms with Crippen molar-refractivity contribution in [3.8, 4) is 0 Å². The van der Waals surface area contributed by atoms with Gasteiger partial charge in [-0.2, -0.15) is 4.31 Å². The molecule has 152 valence electrons. The number of para-hydroxylation sites is 1. The number of piperazine rings is 1. The molecule has 6 nitrogen and oxygen atoms in total. The molecule has 1 aromatic heterocycles. The van der Waals surface area contributed by atoms with Gasteiger partial charge < -0.3 is 9.47 Å². The highest BCUT2D eigenvalue weighted by molar-refractivity contribution is 7.89. The summed E-state index contributed by atoms with van der Waals surface area (Å²) in [4.78, 5) is 7.03. The molecule has 3 aromatic rings. The van der Waals surface area contributed by atoms with E-state index in [4.69, 9.17) is 0 Å². The average molecular weight is 411 g/mol. The lowest BCUT2D eigenvalue weighted by atomic mass is 10.2. The van der Waals surface area contributed by atoms with Crippen LogP contribution in [0, 0.1) is 0 Å². The number of hydrogen-bond donors (Lipinski definition) is 0. The first-order chi connectivity index (χ1) is 14.0. The first-order valence-electron chi connectivity index (χ1n) is 9.90. The first kappa shape index (κ1) is 19.8. The standard InChI is InChI=1S/C22H26N4O2S/c1-3-25-17-18(21-6-4-5-7-22(21)25)16-23-19-8-10-20(11-9-19)29(27,28)26-14-12-24(2)13-15-26/h4-11,16-17H,3,12-15H2,1-2H3. The highest BCUT2D eigenvalue weighted by atomic mass is 32.2. The summed E-state index contributed by atoms with van der Waals surface area (Å²) in [5, 5.41) is 1.16. The van der Waals surface area contributed by atoms with Crippen LogP contribution in [0.25, 0.3) is 10.9 Å². The predicted octanol–water partition coefficient (Wildman–Crippen LogP) is 3.35. The highest BCUT2D eigenvalue weighted by Crippen LogP contribution is 2.23. The van der Waals surface area contributed by atoms with Gasteiger partial charge in [-0.15, -0.1) is 0 Å². The van der Waals surface area contributed by atoms with E-state index >= 15 is 0 Å². The summed E-state index contributed by atoms with van der Waals surface area (Å²) in [5.74, 6) is 0. The molecule has 0 radical (unpaired) electrons. The van der Waals surface area contributed by atoms with Crippen LogP contribution in [-0.2, 0) is 16.6 Å². The fourth-order valence-electron chi connectivity index (χ4n) is 3.67. The molecule has 1 saturated heterocycles. The molecule has 0 aliphatic carbocycles. The van der Waals surface area contributed by atoms with Gasteiger partial charge >= 0.3 is 0 Å². The van der Waals surface area contributed by atoms with E-state index in [0.717, 1.165) is 36.3 Å². The van der Waals surface area contributed by atoms with E-state index in [1.165, 1.54) is 5.52 Å². The third-order valence-corrected chi connectivity index (χ3v) is 7.36. The fourth-order valence-corrected chi connectivity index (χ4v) is 5.09. The lowest BCUT2D eigenvalue weighted by molar-refractivity contribution is 0.222. The van der Waals surface area contributed by atoms with Gasteiger partial charge in [0.15, 0.2) is 0 Å². The number of aliphatic imine (C=N–C) groups is 1. The molecule has 0 amide bonds. The molecule has 7 heteroatoms. The Morgan fingerprint density at radius 2 is 1.69 bits per heavy atom. The van der Waals surface area contributed by atoms with Crippen molar-refractivity contribution in [1.29, 1.82) is 0 Å². The quantitative estimate of drug-likeness (QED) is 0.606. The Labute approximate surface area is 172 Å². The number of aromatic nitrogens is 1. The van der Waals surface area contributed by atoms with Crippen LogP contribution in [0.3, 0.4) is 0 Å². The minimum Gasteiger partial charge on any atom is -0.347 e. The van der Waals surface area contributed by atoms with Crippen LogP contribution in [0.5, 0.6) is 0 Å². The molecule has 1 aliphatic rings. The van der Waals surface area contributed by atoms with Gasteiger partial charge in [-0.3, -0.25) is 4.99 Å². The molecule has 0 N–H and O–H groups in total. The summed E-state index contributed by atoms with van der Waals surface area (Å²) in [7, 11) is -1.44. The lowest BCUT2D eigenvalue weighted by Gasteiger charge is -2.31. The minimum atomic E-state index is -3.45. The number of aryl methyl sites for hydroxylation is 1. The maximum Gasteiger partial charge on any atom is 0.243 e. The summed E-state index contributed by atoms with van der Waals surface area (Å²) >= 11 is 0. The second kappa shape index (κ2) is 8.10. The van der Waals surface area contributed by atoms with Crippen molar-refractivity contribution in [1.82, 2.24) is 13.8 Å². The normalized spacial score (nSPS) is 16.8. The molecule has 0 saturated carbocycles. The maximum absolute atomic E-state index is 12.8. The molecule has 0 atom stereocenters. The first-order valence-corrected chi connectivity index (χ1v) is 11.3. The number of likely N-dealkylation sites (N-methyl/N-ethyl adjacent to an activating group) is 1. The molecular formula is C22H26N4O2S. The largest absolute Gasteiger partial charge is 0.347 e. The zero-order valence-corrected chi connectivity index (χ0v) is 17.6. The van der Waals surface area contributed by atoms with E-state index in [9.17, 15) is 8.42 Å². The van der Waals surface area contributed by atoms with Crippen molar-refractivity contribution in [3.05, 3.63) is 60.3 Å². The Morgan fingerprint density at radius 1 is 1.00 bits per heavy atom. The van der Waals surface area contributed by atoms with Crippen LogP contribution >= 0.6 is 0 Å². The Morgan fingerprint density at radius 3 is 2.38 bits per heavy atom. The second-order valence-corrected chi connectivity index (χ2v) is 9.29. The summed E-state index contributed by atoms with van der Waals surface area (Å²) < 4.78 is 29.4. The third-order valence-electron chi connectivity index (χ3n) is 5.45. The van der Waals surface area contributed by atoms with E-state index in [1.807, 2.05) is 25.4 Å². The van der Waals surface area contributed by atoms with Crippen LogP contribution in [0.4, 0.5) is 5.69 Å². The minimum absolute atomic E-state index is 0.323. The smallest absolute Gasteiger partial charge is 0.243 e. The van der Waals surface area contributed by atoms with E-state index in [-0.39, 0.29) is 0 Å². The number of benzene rings is 2. The molecule has 0 unspecified atom stereocenters. The van der Waals surface area contributed by atoms with E-state index in [1.54, 1.807) is 28.6 Å². The van der Waals surface area contributed by atoms with Crippen LogP contribution < -0.4 is 0 Å². The van der Waals surface area contributed by atoms with Gasteiger partial charge in [0.1, 0.15) is 0 Å². The fraction of sp³-hybridized carbons (Fsp3) is 0.318. The zero-order valence-electron chi connectivity index (χ0n) is 16.8. The maximum atomic E-state index is 12.8. The van der Waals surface area contributed by atoms with Crippen molar-refractivity contribution >= 4 is 32.8 Å². The number of hydrogen-bond acceptors (Lipinski definition) is 4. The molecule has 1 aliphatic heterocycles. The number of rotatable bonds is 5. The van der Waals surface area contributed by atoms with Crippen LogP contribution in [-0.4, -0.2) is 61.6 Å². The number of nitrogens with zero attached hydrogens (tertiary/aromatic N) is 4. The molecule has 2 aromatic carbocycles. The average Bonchev–Trinajstić information content (AvgIpc) is 3.11. The Kier molecular flexibility index (Phi) is 5.54. The van der Waals surface area contributed by atoms with Gasteiger partial charge in [-0.25, -0.2) is 8.42 Å². The number of sulfonamides is 1. The molecule has 0 bridgehead atoms. The molecule has 2 heterocycles. The van der Waals surface area contributed by atoms with Crippen molar-refractivity contribution in [2.24, 2.45) is 4.99 Å². The van der Waals surface area contributed by atoms with Gasteiger partial charge in [0.25, 0.3) is 0 Å². The van der Waals surface area contributed by atoms with Crippen molar-refractivity contribution < 1.29 is 8.42 Å². The van der Waals surface area contributed by atoms with E-state index in [0.29, 0.717) is 18.0 Å². The number of fused-ring (bicyclic) bond motifs is 1. The monoisotopic (exact) mass is 410 g/mol. The van der Waals surface area contributed by atoms with Crippen LogP contribution in [0.2, 0.25) is 0 Å². The zero-order chi connectivity index (χ0) is 20.4. The SMILES string of the molecule is CCn1cc(C=Nc2ccc(S(=O)(=O)N3CCN(C)CC3)cc2)c2ccccc21. The van der Waals surface area contributed by atoms with Crippen molar-refractivity contribution in [2.45, 2.75) is 18.4 Å². The summed E-state index contributed by atoms with van der Waals surface area (Å²) in [5.41, 5.74) is 2.97. The Balaban J connectivity index is 1.54. The lowest BCUT2D eigenvalue weighted by Crippen LogP contribution is -2.46. The Bertz CT molecular complexity index is 1130. The second-order valence-electron chi connectivity index (χ2n) is 7.35. The van der Waals surface area contributed by atoms with E-state index < -0.39 is 10.0 Å². The van der Waals surface area contributed by atoms with Crippen molar-refractivity contribution in [2.75, 3.05) is 33.2 Å². The Hall–Kier alpha value is -2.48. The molecule has 29 heavy (non-hydrogen) atoms. The molecule has 0 spiro atoms. The van der Waals surface area contributed by atoms with Gasteiger partial charge in [-0.05, 0) is 44.3 Å². The molecule has 4 rings (SSSR count). The molecule has 1 fully saturated rings. The van der Waals surface area contributed by atoms with Gasteiger partial charge in [0.05, 0.1) is 10.6 Å². The summed E-state index contributed by atoms with van der Waals surface area (Å²) in [6.45, 7) is 5.58. The topological polar surface area (TPSA) is 57.9 Å². The van der Waals surface area contributed by atoms with Gasteiger partial charge in [-0.1, -0.05) is 18.2 Å². The molecular weight excluding hydrogens is 384 g/mol. The van der Waals surface area contributed by atoms with Gasteiger partial charge in [0.2, 0.25) is 10.0 Å². The van der Waals surface area contributed by atoms with Crippen LogP contribution in [0.1, 0.15) is 12.5 Å². The predicted molar refractivity (Wildman–Crippen MR) is 118 cm³/mol. The van der Waals surface area contributed by atoms with Gasteiger partial charge in [0, 0.05) is 61.6 Å².